The third-order valence-corrected chi connectivity index (χ3v) is 14.1. The predicted octanol–water partition coefficient (Wildman–Crippen LogP) is 9.08. The van der Waals surface area contributed by atoms with Gasteiger partial charge in [0.15, 0.2) is 33.1 Å². The second kappa shape index (κ2) is 8.43. The van der Waals surface area contributed by atoms with Crippen LogP contribution >= 0.6 is 0 Å². The van der Waals surface area contributed by atoms with E-state index in [9.17, 15) is 0 Å². The number of rotatable bonds is 0. The lowest BCUT2D eigenvalue weighted by Gasteiger charge is -2.43. The molecule has 0 N–H and O–H groups in total. The number of fused-ring (bicyclic) bond motifs is 19. The molecular formula is C50H26N6+2. The molecule has 0 radical (unpaired) electrons. The van der Waals surface area contributed by atoms with Crippen molar-refractivity contribution in [3.05, 3.63) is 191 Å². The molecule has 56 heavy (non-hydrogen) atoms. The van der Waals surface area contributed by atoms with Gasteiger partial charge in [0, 0.05) is 23.2 Å². The van der Waals surface area contributed by atoms with E-state index < -0.39 is 11.1 Å². The topological polar surface area (TPSA) is 42.4 Å². The molecule has 6 aromatic carbocycles. The molecule has 0 atom stereocenters. The molecule has 6 aromatic heterocycles. The maximum Gasteiger partial charge on any atom is 0.309 e. The van der Waals surface area contributed by atoms with Gasteiger partial charge in [-0.25, -0.2) is 0 Å². The van der Waals surface area contributed by atoms with Crippen LogP contribution in [0.3, 0.4) is 0 Å². The van der Waals surface area contributed by atoms with E-state index in [1.54, 1.807) is 0 Å². The standard InChI is InChI=1S/C50H26N6/c1-3-13-31-27(11-1)28-12-2-4-14-32(28)49(31)33-23-21-29-41-43(33)50(55-37-17-7-5-15-35(37)53(47(41)55)39-19-9-25-51-45(29)39)44-34(49)24-22-30-42(44)48-54(40-20-10-26-52-46(30)40)36-16-6-8-18-38(36)56(48)50/h1-26H/q+2. The first-order chi connectivity index (χ1) is 27.8. The van der Waals surface area contributed by atoms with Crippen LogP contribution in [-0.2, 0) is 11.1 Å². The summed E-state index contributed by atoms with van der Waals surface area (Å²) in [6.45, 7) is 0. The fraction of sp³-hybridized carbons (Fsp3) is 0.0400. The van der Waals surface area contributed by atoms with E-state index in [0.717, 1.165) is 22.1 Å². The summed E-state index contributed by atoms with van der Waals surface area (Å²) in [5, 5.41) is 4.93. The van der Waals surface area contributed by atoms with Gasteiger partial charge in [0.2, 0.25) is 0 Å². The van der Waals surface area contributed by atoms with E-state index in [-0.39, 0.29) is 0 Å². The number of imidazole rings is 2. The summed E-state index contributed by atoms with van der Waals surface area (Å²) in [5.74, 6) is 0. The smallest absolute Gasteiger partial charge is 0.252 e. The number of hydrogen-bond acceptors (Lipinski definition) is 2. The molecule has 2 aliphatic carbocycles. The zero-order chi connectivity index (χ0) is 35.8. The van der Waals surface area contributed by atoms with E-state index >= 15 is 0 Å². The number of nitrogens with zero attached hydrogens (tertiary/aromatic N) is 6. The van der Waals surface area contributed by atoms with Crippen LogP contribution < -0.4 is 9.13 Å². The first kappa shape index (κ1) is 27.2. The van der Waals surface area contributed by atoms with Crippen molar-refractivity contribution >= 4 is 77.0 Å². The lowest BCUT2D eigenvalue weighted by atomic mass is 9.58. The molecule has 2 aliphatic heterocycles. The molecule has 16 rings (SSSR count). The monoisotopic (exact) mass is 710 g/mol. The van der Waals surface area contributed by atoms with Crippen LogP contribution in [0.2, 0.25) is 0 Å². The first-order valence-electron chi connectivity index (χ1n) is 19.4. The highest BCUT2D eigenvalue weighted by atomic mass is 15.4. The predicted molar refractivity (Wildman–Crippen MR) is 218 cm³/mol. The lowest BCUT2D eigenvalue weighted by Crippen LogP contribution is -2.73. The van der Waals surface area contributed by atoms with Gasteiger partial charge in [-0.1, -0.05) is 97.1 Å². The molecule has 0 bridgehead atoms. The second-order valence-corrected chi connectivity index (χ2v) is 16.0. The third kappa shape index (κ3) is 2.40. The number of pyridine rings is 4. The highest BCUT2D eigenvalue weighted by molar-refractivity contribution is 6.18. The van der Waals surface area contributed by atoms with E-state index in [1.807, 2.05) is 12.4 Å². The Hall–Kier alpha value is -7.44. The molecule has 12 aromatic rings. The number of aromatic nitrogens is 6. The van der Waals surface area contributed by atoms with Gasteiger partial charge in [-0.15, -0.1) is 0 Å². The SMILES string of the molecule is c1ccc2c(c1)-c1ccccc1C21c2ccc3c4ncccc4n4c5ccccc5[n+]5c4c3c2C52c3c1ccc1c4ncccc4n4c5ccccc5[n+]2c4c31. The summed E-state index contributed by atoms with van der Waals surface area (Å²) >= 11 is 0. The minimum atomic E-state index is -0.760. The fourth-order valence-electron chi connectivity index (χ4n) is 12.5. The Morgan fingerprint density at radius 3 is 1.38 bits per heavy atom. The fourth-order valence-corrected chi connectivity index (χ4v) is 12.5. The van der Waals surface area contributed by atoms with Gasteiger partial charge in [-0.05, 0) is 81.9 Å². The maximum absolute atomic E-state index is 5.18. The normalized spacial score (nSPS) is 15.8. The number of para-hydroxylation sites is 4. The molecule has 254 valence electrons. The minimum Gasteiger partial charge on any atom is -0.252 e. The molecule has 0 amide bonds. The number of hydrogen-bond donors (Lipinski definition) is 0. The Labute approximate surface area is 317 Å². The van der Waals surface area contributed by atoms with Gasteiger partial charge < -0.3 is 0 Å². The molecule has 0 fully saturated rings. The zero-order valence-electron chi connectivity index (χ0n) is 29.7. The Balaban J connectivity index is 1.31. The van der Waals surface area contributed by atoms with Crippen molar-refractivity contribution in [2.24, 2.45) is 0 Å². The quantitative estimate of drug-likeness (QED) is 0.116. The zero-order valence-corrected chi connectivity index (χ0v) is 29.7. The van der Waals surface area contributed by atoms with Gasteiger partial charge in [-0.2, -0.15) is 17.9 Å². The Bertz CT molecular complexity index is 3700. The van der Waals surface area contributed by atoms with Crippen LogP contribution in [0.5, 0.6) is 0 Å². The molecule has 4 aliphatic rings. The van der Waals surface area contributed by atoms with Crippen LogP contribution in [0.25, 0.3) is 88.1 Å². The molecule has 6 heteroatoms. The van der Waals surface area contributed by atoms with E-state index in [4.69, 9.17) is 9.97 Å². The van der Waals surface area contributed by atoms with E-state index in [0.29, 0.717) is 0 Å². The Kier molecular flexibility index (Phi) is 4.10. The van der Waals surface area contributed by atoms with Gasteiger partial charge in [0.25, 0.3) is 0 Å². The lowest BCUT2D eigenvalue weighted by molar-refractivity contribution is -0.923. The molecule has 2 spiro atoms. The first-order valence-corrected chi connectivity index (χ1v) is 19.4. The highest BCUT2D eigenvalue weighted by Gasteiger charge is 2.70. The molecular weight excluding hydrogens is 685 g/mol. The summed E-state index contributed by atoms with van der Waals surface area (Å²) in [6.07, 6.45) is 3.90. The average molecular weight is 711 g/mol. The van der Waals surface area contributed by atoms with Gasteiger partial charge >= 0.3 is 17.0 Å². The summed E-state index contributed by atoms with van der Waals surface area (Å²) < 4.78 is 10.5. The average Bonchev–Trinajstić information content (AvgIpc) is 4.03. The Morgan fingerprint density at radius 1 is 0.411 bits per heavy atom. The van der Waals surface area contributed by atoms with Crippen molar-refractivity contribution in [1.82, 2.24) is 18.8 Å². The van der Waals surface area contributed by atoms with Crippen LogP contribution in [-0.4, -0.2) is 18.8 Å². The van der Waals surface area contributed by atoms with Crippen molar-refractivity contribution in [3.8, 4) is 11.1 Å². The van der Waals surface area contributed by atoms with E-state index in [2.05, 4.69) is 164 Å². The third-order valence-electron chi connectivity index (χ3n) is 14.1. The van der Waals surface area contributed by atoms with Crippen LogP contribution in [0.15, 0.2) is 158 Å². The van der Waals surface area contributed by atoms with Crippen molar-refractivity contribution < 1.29 is 9.13 Å². The van der Waals surface area contributed by atoms with Crippen LogP contribution in [0.1, 0.15) is 33.4 Å². The van der Waals surface area contributed by atoms with Crippen LogP contribution in [0.4, 0.5) is 0 Å². The van der Waals surface area contributed by atoms with Crippen molar-refractivity contribution in [2.75, 3.05) is 0 Å². The Morgan fingerprint density at radius 2 is 0.857 bits per heavy atom. The summed E-state index contributed by atoms with van der Waals surface area (Å²) in [6, 6.07) is 54.7. The molecule has 0 saturated heterocycles. The highest BCUT2D eigenvalue weighted by Crippen LogP contribution is 2.66. The largest absolute Gasteiger partial charge is 0.309 e. The molecule has 0 saturated carbocycles. The van der Waals surface area contributed by atoms with Gasteiger partial charge in [0.1, 0.15) is 11.0 Å². The van der Waals surface area contributed by atoms with Gasteiger partial charge in [0.05, 0.1) is 27.3 Å². The molecule has 6 nitrogen and oxygen atoms in total. The second-order valence-electron chi connectivity index (χ2n) is 16.0. The maximum atomic E-state index is 5.18. The molecule has 0 unspecified atom stereocenters. The summed E-state index contributed by atoms with van der Waals surface area (Å²) in [4.78, 5) is 10.4. The minimum absolute atomic E-state index is 0.560. The van der Waals surface area contributed by atoms with E-state index in [1.165, 1.54) is 99.4 Å². The van der Waals surface area contributed by atoms with Gasteiger partial charge in [-0.3, -0.25) is 9.97 Å². The number of benzene rings is 6. The van der Waals surface area contributed by atoms with Crippen molar-refractivity contribution in [3.63, 3.8) is 0 Å². The van der Waals surface area contributed by atoms with Crippen molar-refractivity contribution in [2.45, 2.75) is 11.1 Å². The van der Waals surface area contributed by atoms with Crippen molar-refractivity contribution in [1.29, 1.82) is 0 Å². The molecule has 8 heterocycles. The van der Waals surface area contributed by atoms with Crippen LogP contribution in [0, 0.1) is 0 Å². The summed E-state index contributed by atoms with van der Waals surface area (Å²) in [7, 11) is 0. The summed E-state index contributed by atoms with van der Waals surface area (Å²) in [5.41, 5.74) is 20.8.